The molecule has 0 unspecified atom stereocenters. The highest BCUT2D eigenvalue weighted by atomic mass is 19.3. The largest absolute Gasteiger partial charge is 0.446 e. The van der Waals surface area contributed by atoms with Crippen LogP contribution in [-0.2, 0) is 4.74 Å². The van der Waals surface area contributed by atoms with Crippen LogP contribution in [0.1, 0.15) is 25.7 Å². The van der Waals surface area contributed by atoms with Gasteiger partial charge < -0.3 is 15.8 Å². The Balaban J connectivity index is 2.15. The fourth-order valence-corrected chi connectivity index (χ4v) is 1.80. The van der Waals surface area contributed by atoms with Crippen molar-refractivity contribution in [3.05, 3.63) is 0 Å². The Kier molecular flexibility index (Phi) is 4.74. The van der Waals surface area contributed by atoms with Gasteiger partial charge in [-0.2, -0.15) is 0 Å². The second-order valence-corrected chi connectivity index (χ2v) is 3.71. The first-order chi connectivity index (χ1) is 7.08. The summed E-state index contributed by atoms with van der Waals surface area (Å²) < 4.78 is 28.6. The summed E-state index contributed by atoms with van der Waals surface area (Å²) in [5.41, 5.74) is 4.88. The third kappa shape index (κ3) is 4.92. The van der Waals surface area contributed by atoms with E-state index < -0.39 is 12.5 Å². The second kappa shape index (κ2) is 5.85. The number of nitrogens with two attached hydrogens (primary N) is 1. The van der Waals surface area contributed by atoms with Crippen molar-refractivity contribution >= 4 is 6.09 Å². The molecule has 0 bridgehead atoms. The standard InChI is InChI=1S/C9H16F2N2O2/c10-8(11)5-13-6-1-3-7(4-2-6)15-9(12)14/h6-8,13H,1-5H2,(H2,12,14). The van der Waals surface area contributed by atoms with E-state index in [4.69, 9.17) is 10.5 Å². The van der Waals surface area contributed by atoms with E-state index in [-0.39, 0.29) is 18.7 Å². The maximum Gasteiger partial charge on any atom is 0.404 e. The van der Waals surface area contributed by atoms with Gasteiger partial charge in [0.15, 0.2) is 0 Å². The Hall–Kier alpha value is -0.910. The zero-order valence-electron chi connectivity index (χ0n) is 8.42. The number of rotatable bonds is 4. The lowest BCUT2D eigenvalue weighted by atomic mass is 9.93. The molecule has 0 atom stereocenters. The van der Waals surface area contributed by atoms with Gasteiger partial charge in [-0.05, 0) is 25.7 Å². The molecule has 6 heteroatoms. The van der Waals surface area contributed by atoms with Gasteiger partial charge in [-0.1, -0.05) is 0 Å². The Morgan fingerprint density at radius 2 is 2.00 bits per heavy atom. The first-order valence-corrected chi connectivity index (χ1v) is 5.05. The first kappa shape index (κ1) is 12.2. The Morgan fingerprint density at radius 3 is 2.47 bits per heavy atom. The summed E-state index contributed by atoms with van der Waals surface area (Å²) in [5, 5.41) is 2.77. The number of carbonyl (C=O) groups is 1. The highest BCUT2D eigenvalue weighted by molar-refractivity contribution is 5.64. The van der Waals surface area contributed by atoms with E-state index in [0.29, 0.717) is 12.8 Å². The molecular formula is C9H16F2N2O2. The van der Waals surface area contributed by atoms with Crippen molar-refractivity contribution in [1.29, 1.82) is 0 Å². The topological polar surface area (TPSA) is 64.4 Å². The van der Waals surface area contributed by atoms with Gasteiger partial charge in [-0.25, -0.2) is 13.6 Å². The number of nitrogens with one attached hydrogen (secondary N) is 1. The molecule has 1 fully saturated rings. The number of amides is 1. The van der Waals surface area contributed by atoms with Crippen LogP contribution in [-0.4, -0.2) is 31.2 Å². The van der Waals surface area contributed by atoms with E-state index in [1.165, 1.54) is 0 Å². The van der Waals surface area contributed by atoms with Crippen molar-refractivity contribution in [3.8, 4) is 0 Å². The molecule has 88 valence electrons. The van der Waals surface area contributed by atoms with Crippen LogP contribution < -0.4 is 11.1 Å². The molecule has 0 aromatic carbocycles. The van der Waals surface area contributed by atoms with Crippen LogP contribution in [0.4, 0.5) is 13.6 Å². The number of carbonyl (C=O) groups excluding carboxylic acids is 1. The lowest BCUT2D eigenvalue weighted by molar-refractivity contribution is 0.0723. The van der Waals surface area contributed by atoms with Crippen LogP contribution in [0.25, 0.3) is 0 Å². The molecule has 0 heterocycles. The van der Waals surface area contributed by atoms with Gasteiger partial charge in [0.1, 0.15) is 6.10 Å². The Labute approximate surface area is 87.1 Å². The van der Waals surface area contributed by atoms with E-state index in [0.717, 1.165) is 12.8 Å². The van der Waals surface area contributed by atoms with Crippen LogP contribution in [0.15, 0.2) is 0 Å². The van der Waals surface area contributed by atoms with E-state index in [1.54, 1.807) is 0 Å². The quantitative estimate of drug-likeness (QED) is 0.752. The summed E-state index contributed by atoms with van der Waals surface area (Å²) in [6.45, 7) is -0.272. The Morgan fingerprint density at radius 1 is 1.40 bits per heavy atom. The second-order valence-electron chi connectivity index (χ2n) is 3.71. The van der Waals surface area contributed by atoms with Crippen LogP contribution in [0.2, 0.25) is 0 Å². The van der Waals surface area contributed by atoms with Crippen molar-refractivity contribution < 1.29 is 18.3 Å². The summed E-state index contributed by atoms with van der Waals surface area (Å²) in [6, 6.07) is 0.103. The molecule has 1 rings (SSSR count). The molecule has 4 nitrogen and oxygen atoms in total. The minimum atomic E-state index is -2.32. The number of hydrogen-bond donors (Lipinski definition) is 2. The zero-order valence-corrected chi connectivity index (χ0v) is 8.42. The Bertz CT molecular complexity index is 206. The van der Waals surface area contributed by atoms with E-state index in [2.05, 4.69) is 5.32 Å². The molecule has 3 N–H and O–H groups in total. The van der Waals surface area contributed by atoms with Gasteiger partial charge in [0.25, 0.3) is 6.43 Å². The third-order valence-electron chi connectivity index (χ3n) is 2.52. The fraction of sp³-hybridized carbons (Fsp3) is 0.889. The molecule has 1 aliphatic carbocycles. The van der Waals surface area contributed by atoms with E-state index in [9.17, 15) is 13.6 Å². The highest BCUT2D eigenvalue weighted by Crippen LogP contribution is 2.21. The molecule has 1 saturated carbocycles. The summed E-state index contributed by atoms with van der Waals surface area (Å²) in [4.78, 5) is 10.4. The summed E-state index contributed by atoms with van der Waals surface area (Å²) in [7, 11) is 0. The van der Waals surface area contributed by atoms with Crippen molar-refractivity contribution in [1.82, 2.24) is 5.32 Å². The molecule has 0 aliphatic heterocycles. The van der Waals surface area contributed by atoms with Gasteiger partial charge in [0, 0.05) is 6.04 Å². The molecule has 1 aliphatic rings. The maximum atomic E-state index is 11.9. The number of hydrogen-bond acceptors (Lipinski definition) is 3. The predicted octanol–water partition coefficient (Wildman–Crippen LogP) is 1.25. The monoisotopic (exact) mass is 222 g/mol. The average Bonchev–Trinajstić information content (AvgIpc) is 2.16. The van der Waals surface area contributed by atoms with Crippen LogP contribution in [0.5, 0.6) is 0 Å². The average molecular weight is 222 g/mol. The molecule has 0 aromatic rings. The molecular weight excluding hydrogens is 206 g/mol. The van der Waals surface area contributed by atoms with Crippen molar-refractivity contribution in [2.75, 3.05) is 6.54 Å². The number of primary amides is 1. The summed E-state index contributed by atoms with van der Waals surface area (Å²) in [6.07, 6.45) is -0.376. The van der Waals surface area contributed by atoms with Gasteiger partial charge in [0.2, 0.25) is 0 Å². The minimum absolute atomic E-state index is 0.103. The predicted molar refractivity (Wildman–Crippen MR) is 50.7 cm³/mol. The molecule has 15 heavy (non-hydrogen) atoms. The molecule has 0 saturated heterocycles. The van der Waals surface area contributed by atoms with Gasteiger partial charge in [-0.3, -0.25) is 0 Å². The lowest BCUT2D eigenvalue weighted by Crippen LogP contribution is -2.38. The molecule has 0 radical (unpaired) electrons. The van der Waals surface area contributed by atoms with Crippen molar-refractivity contribution in [2.45, 2.75) is 44.3 Å². The zero-order chi connectivity index (χ0) is 11.3. The smallest absolute Gasteiger partial charge is 0.404 e. The van der Waals surface area contributed by atoms with Crippen LogP contribution >= 0.6 is 0 Å². The van der Waals surface area contributed by atoms with Crippen molar-refractivity contribution in [2.24, 2.45) is 5.73 Å². The lowest BCUT2D eigenvalue weighted by Gasteiger charge is -2.28. The minimum Gasteiger partial charge on any atom is -0.446 e. The summed E-state index contributed by atoms with van der Waals surface area (Å²) in [5.74, 6) is 0. The van der Waals surface area contributed by atoms with Crippen molar-refractivity contribution in [3.63, 3.8) is 0 Å². The number of alkyl halides is 2. The molecule has 0 aromatic heterocycles. The highest BCUT2D eigenvalue weighted by Gasteiger charge is 2.23. The molecule has 1 amide bonds. The number of ether oxygens (including phenoxy) is 1. The van der Waals surface area contributed by atoms with E-state index in [1.807, 2.05) is 0 Å². The first-order valence-electron chi connectivity index (χ1n) is 5.05. The summed E-state index contributed by atoms with van der Waals surface area (Å²) >= 11 is 0. The van der Waals surface area contributed by atoms with Gasteiger partial charge in [0.05, 0.1) is 6.54 Å². The van der Waals surface area contributed by atoms with Crippen LogP contribution in [0.3, 0.4) is 0 Å². The van der Waals surface area contributed by atoms with Crippen LogP contribution in [0, 0.1) is 0 Å². The maximum absolute atomic E-state index is 11.9. The van der Waals surface area contributed by atoms with E-state index >= 15 is 0 Å². The number of halogens is 2. The third-order valence-corrected chi connectivity index (χ3v) is 2.52. The molecule has 0 spiro atoms. The SMILES string of the molecule is NC(=O)OC1CCC(NCC(F)F)CC1. The normalized spacial score (nSPS) is 26.6. The van der Waals surface area contributed by atoms with Gasteiger partial charge in [-0.15, -0.1) is 0 Å². The fourth-order valence-electron chi connectivity index (χ4n) is 1.80. The van der Waals surface area contributed by atoms with Gasteiger partial charge >= 0.3 is 6.09 Å².